The van der Waals surface area contributed by atoms with Crippen LogP contribution in [0.2, 0.25) is 0 Å². The molecule has 1 unspecified atom stereocenters. The van der Waals surface area contributed by atoms with E-state index in [-0.39, 0.29) is 23.7 Å². The number of halogens is 4. The number of pyridine rings is 1. The number of benzene rings is 2. The van der Waals surface area contributed by atoms with Gasteiger partial charge in [0.15, 0.2) is 5.82 Å². The molecule has 1 aliphatic rings. The highest BCUT2D eigenvalue weighted by Crippen LogP contribution is 2.34. The highest BCUT2D eigenvalue weighted by Gasteiger charge is 2.32. The van der Waals surface area contributed by atoms with Gasteiger partial charge in [-0.25, -0.2) is 9.78 Å². The van der Waals surface area contributed by atoms with Crippen molar-refractivity contribution < 1.29 is 32.6 Å². The number of carbonyl (C=O) groups excluding carboxylic acids is 2. The molecule has 0 saturated heterocycles. The first-order valence-corrected chi connectivity index (χ1v) is 11.0. The Hall–Kier alpha value is -3.80. The van der Waals surface area contributed by atoms with Gasteiger partial charge in [-0.2, -0.15) is 0 Å². The Balaban J connectivity index is 1.69. The van der Waals surface area contributed by atoms with Crippen LogP contribution in [0.3, 0.4) is 0 Å². The van der Waals surface area contributed by atoms with Crippen molar-refractivity contribution in [1.29, 1.82) is 0 Å². The molecular weight excluding hydrogens is 533 g/mol. The van der Waals surface area contributed by atoms with Crippen molar-refractivity contribution in [1.82, 2.24) is 10.3 Å². The minimum atomic E-state index is -4.85. The molecule has 0 spiro atoms. The van der Waals surface area contributed by atoms with Crippen molar-refractivity contribution >= 4 is 39.4 Å². The summed E-state index contributed by atoms with van der Waals surface area (Å²) in [5.41, 5.74) is 1.80. The van der Waals surface area contributed by atoms with E-state index in [1.807, 2.05) is 0 Å². The van der Waals surface area contributed by atoms with Crippen LogP contribution in [0.15, 0.2) is 59.2 Å². The zero-order chi connectivity index (χ0) is 25.3. The van der Waals surface area contributed by atoms with Crippen molar-refractivity contribution in [2.24, 2.45) is 0 Å². The predicted molar refractivity (Wildman–Crippen MR) is 124 cm³/mol. The number of phenols is 1. The third kappa shape index (κ3) is 5.65. The number of hydrogen-bond acceptors (Lipinski definition) is 5. The molecule has 12 heteroatoms. The number of alkyl halides is 3. The van der Waals surface area contributed by atoms with Crippen LogP contribution in [-0.2, 0) is 4.79 Å². The van der Waals surface area contributed by atoms with Crippen LogP contribution in [0.5, 0.6) is 11.5 Å². The largest absolute Gasteiger partial charge is 0.573 e. The van der Waals surface area contributed by atoms with Gasteiger partial charge in [0.2, 0.25) is 5.91 Å². The summed E-state index contributed by atoms with van der Waals surface area (Å²) in [7, 11) is 0. The lowest BCUT2D eigenvalue weighted by Gasteiger charge is -2.30. The Morgan fingerprint density at radius 2 is 1.94 bits per heavy atom. The second-order valence-electron chi connectivity index (χ2n) is 7.72. The summed E-state index contributed by atoms with van der Waals surface area (Å²) in [6.07, 6.45) is -3.30. The lowest BCUT2D eigenvalue weighted by Crippen LogP contribution is -2.48. The van der Waals surface area contributed by atoms with Gasteiger partial charge in [-0.3, -0.25) is 9.69 Å². The first-order valence-electron chi connectivity index (χ1n) is 10.2. The SMILES string of the molecule is Cc1cnc2c(c1)NC(=O)CN2C(=O)NC(c1ccc(OC(F)(F)F)cc1)c1ccc(Br)cc1O. The number of carbonyl (C=O) groups is 2. The maximum Gasteiger partial charge on any atom is 0.573 e. The van der Waals surface area contributed by atoms with Crippen LogP contribution < -0.4 is 20.3 Å². The van der Waals surface area contributed by atoms with Gasteiger partial charge >= 0.3 is 12.4 Å². The number of nitrogens with zero attached hydrogens (tertiary/aromatic N) is 2. The fourth-order valence-corrected chi connectivity index (χ4v) is 3.96. The van der Waals surface area contributed by atoms with Gasteiger partial charge in [-0.05, 0) is 48.4 Å². The van der Waals surface area contributed by atoms with E-state index < -0.39 is 30.1 Å². The molecule has 1 aliphatic heterocycles. The molecule has 0 aliphatic carbocycles. The molecule has 0 bridgehead atoms. The predicted octanol–water partition coefficient (Wildman–Crippen LogP) is 5.01. The molecule has 2 aromatic carbocycles. The van der Waals surface area contributed by atoms with E-state index in [1.54, 1.807) is 31.3 Å². The van der Waals surface area contributed by atoms with Crippen molar-refractivity contribution in [3.8, 4) is 11.5 Å². The summed E-state index contributed by atoms with van der Waals surface area (Å²) in [5.74, 6) is -0.782. The monoisotopic (exact) mass is 550 g/mol. The van der Waals surface area contributed by atoms with Crippen molar-refractivity contribution in [2.75, 3.05) is 16.8 Å². The van der Waals surface area contributed by atoms with E-state index in [1.165, 1.54) is 18.2 Å². The van der Waals surface area contributed by atoms with Gasteiger partial charge in [0.1, 0.15) is 18.0 Å². The zero-order valence-electron chi connectivity index (χ0n) is 18.1. The Morgan fingerprint density at radius 1 is 1.23 bits per heavy atom. The molecule has 0 fully saturated rings. The second-order valence-corrected chi connectivity index (χ2v) is 8.64. The number of aromatic nitrogens is 1. The van der Waals surface area contributed by atoms with E-state index in [0.717, 1.165) is 22.6 Å². The number of ether oxygens (including phenoxy) is 1. The Morgan fingerprint density at radius 3 is 2.60 bits per heavy atom. The molecular formula is C23H18BrF3N4O4. The minimum absolute atomic E-state index is 0.161. The minimum Gasteiger partial charge on any atom is -0.508 e. The number of urea groups is 1. The number of aryl methyl sites for hydroxylation is 1. The number of phenolic OH excluding ortho intramolecular Hbond substituents is 1. The number of amides is 3. The summed E-state index contributed by atoms with van der Waals surface area (Å²) in [4.78, 5) is 30.9. The number of nitrogens with one attached hydrogen (secondary N) is 2. The molecule has 3 aromatic rings. The van der Waals surface area contributed by atoms with E-state index in [4.69, 9.17) is 0 Å². The number of aromatic hydroxyl groups is 1. The molecule has 35 heavy (non-hydrogen) atoms. The standard InChI is InChI=1S/C23H18BrF3N4O4/c1-12-8-17-21(28-10-12)31(11-19(33)29-17)22(34)30-20(16-7-4-14(24)9-18(16)32)13-2-5-15(6-3-13)35-23(25,26)27/h2-10,20,32H,11H2,1H3,(H,29,33)(H,30,34). The molecule has 3 amide bonds. The second kappa shape index (κ2) is 9.45. The Labute approximate surface area is 205 Å². The van der Waals surface area contributed by atoms with Gasteiger partial charge in [0.05, 0.1) is 11.7 Å². The highest BCUT2D eigenvalue weighted by molar-refractivity contribution is 9.10. The smallest absolute Gasteiger partial charge is 0.508 e. The normalized spacial score (nSPS) is 14.1. The van der Waals surface area contributed by atoms with Gasteiger partial charge < -0.3 is 20.5 Å². The fourth-order valence-electron chi connectivity index (χ4n) is 3.61. The summed E-state index contributed by atoms with van der Waals surface area (Å²) in [6.45, 7) is 1.49. The van der Waals surface area contributed by atoms with Crippen LogP contribution in [-0.4, -0.2) is 34.9 Å². The van der Waals surface area contributed by atoms with Crippen LogP contribution in [0, 0.1) is 6.92 Å². The van der Waals surface area contributed by atoms with Crippen LogP contribution >= 0.6 is 15.9 Å². The third-order valence-corrected chi connectivity index (χ3v) is 5.59. The first-order chi connectivity index (χ1) is 16.5. The first kappa shape index (κ1) is 24.3. The molecule has 182 valence electrons. The van der Waals surface area contributed by atoms with Gasteiger partial charge in [0.25, 0.3) is 0 Å². The Kier molecular flexibility index (Phi) is 6.57. The zero-order valence-corrected chi connectivity index (χ0v) is 19.6. The quantitative estimate of drug-likeness (QED) is 0.423. The van der Waals surface area contributed by atoms with Crippen molar-refractivity contribution in [3.63, 3.8) is 0 Å². The molecule has 4 rings (SSSR count). The summed E-state index contributed by atoms with van der Waals surface area (Å²) in [6, 6.07) is 9.51. The molecule has 1 atom stereocenters. The van der Waals surface area contributed by atoms with Crippen LogP contribution in [0.25, 0.3) is 0 Å². The average Bonchev–Trinajstić information content (AvgIpc) is 2.76. The molecule has 3 N–H and O–H groups in total. The summed E-state index contributed by atoms with van der Waals surface area (Å²) in [5, 5.41) is 16.0. The van der Waals surface area contributed by atoms with Crippen LogP contribution in [0.4, 0.5) is 29.5 Å². The van der Waals surface area contributed by atoms with Gasteiger partial charge in [-0.1, -0.05) is 34.1 Å². The average molecular weight is 551 g/mol. The van der Waals surface area contributed by atoms with Crippen molar-refractivity contribution in [2.45, 2.75) is 19.3 Å². The Bertz CT molecular complexity index is 1280. The topological polar surface area (TPSA) is 104 Å². The lowest BCUT2D eigenvalue weighted by molar-refractivity contribution is -0.274. The molecule has 0 radical (unpaired) electrons. The van der Waals surface area contributed by atoms with E-state index >= 15 is 0 Å². The molecule has 8 nitrogen and oxygen atoms in total. The van der Waals surface area contributed by atoms with E-state index in [2.05, 4.69) is 36.3 Å². The molecule has 1 aromatic heterocycles. The molecule has 0 saturated carbocycles. The van der Waals surface area contributed by atoms with Gasteiger partial charge in [0, 0.05) is 16.2 Å². The number of fused-ring (bicyclic) bond motifs is 1. The van der Waals surface area contributed by atoms with Crippen molar-refractivity contribution in [3.05, 3.63) is 75.9 Å². The number of anilines is 2. The highest BCUT2D eigenvalue weighted by atomic mass is 79.9. The number of rotatable bonds is 4. The lowest BCUT2D eigenvalue weighted by atomic mass is 9.97. The van der Waals surface area contributed by atoms with E-state index in [9.17, 15) is 27.9 Å². The summed E-state index contributed by atoms with van der Waals surface area (Å²) < 4.78 is 42.2. The number of hydrogen-bond donors (Lipinski definition) is 3. The maximum absolute atomic E-state index is 13.3. The van der Waals surface area contributed by atoms with Crippen LogP contribution in [0.1, 0.15) is 22.7 Å². The van der Waals surface area contributed by atoms with Gasteiger partial charge in [-0.15, -0.1) is 13.2 Å². The third-order valence-electron chi connectivity index (χ3n) is 5.10. The summed E-state index contributed by atoms with van der Waals surface area (Å²) >= 11 is 3.25. The molecule has 2 heterocycles. The fraction of sp³-hybridized carbons (Fsp3) is 0.174. The maximum atomic E-state index is 13.3. The van der Waals surface area contributed by atoms with E-state index in [0.29, 0.717) is 15.7 Å².